The summed E-state index contributed by atoms with van der Waals surface area (Å²) in [6.45, 7) is 0.495. The number of fused-ring (bicyclic) bond motifs is 1. The Kier molecular flexibility index (Phi) is 3.30. The first-order valence-electron chi connectivity index (χ1n) is 6.01. The summed E-state index contributed by atoms with van der Waals surface area (Å²) in [6.07, 6.45) is 5.86. The van der Waals surface area contributed by atoms with Crippen LogP contribution in [-0.4, -0.2) is 32.0 Å². The van der Waals surface area contributed by atoms with Crippen LogP contribution >= 0.6 is 11.3 Å². The van der Waals surface area contributed by atoms with Crippen LogP contribution < -0.4 is 11.1 Å². The third-order valence-electron chi connectivity index (χ3n) is 2.76. The van der Waals surface area contributed by atoms with E-state index in [0.717, 1.165) is 10.7 Å². The maximum Gasteiger partial charge on any atom is 0.252 e. The lowest BCUT2D eigenvalue weighted by Gasteiger charge is -2.04. The summed E-state index contributed by atoms with van der Waals surface area (Å²) in [4.78, 5) is 16.1. The molecule has 0 aliphatic carbocycles. The number of nitrogens with one attached hydrogen (secondary N) is 1. The predicted molar refractivity (Wildman–Crippen MR) is 75.6 cm³/mol. The molecule has 0 radical (unpaired) electrons. The molecule has 3 aromatic rings. The van der Waals surface area contributed by atoms with E-state index in [9.17, 15) is 4.79 Å². The molecule has 102 valence electrons. The molecule has 3 N–H and O–H groups in total. The molecule has 0 aromatic carbocycles. The number of anilines is 1. The zero-order valence-electron chi connectivity index (χ0n) is 10.5. The van der Waals surface area contributed by atoms with Gasteiger partial charge in [-0.1, -0.05) is 11.3 Å². The Hall–Kier alpha value is -2.48. The van der Waals surface area contributed by atoms with E-state index in [1.165, 1.54) is 11.3 Å². The zero-order valence-corrected chi connectivity index (χ0v) is 11.3. The maximum absolute atomic E-state index is 12.0. The molecule has 0 aliphatic heterocycles. The number of amides is 1. The van der Waals surface area contributed by atoms with Gasteiger partial charge in [0, 0.05) is 31.6 Å². The van der Waals surface area contributed by atoms with E-state index >= 15 is 0 Å². The Morgan fingerprint density at radius 1 is 1.40 bits per heavy atom. The highest BCUT2D eigenvalue weighted by molar-refractivity contribution is 7.15. The van der Waals surface area contributed by atoms with E-state index in [4.69, 9.17) is 5.73 Å². The first kappa shape index (κ1) is 12.5. The van der Waals surface area contributed by atoms with Crippen LogP contribution in [0, 0.1) is 0 Å². The SMILES string of the molecule is Nc1nnc(CCNC(=O)c2ccc3nccn3c2)s1. The van der Waals surface area contributed by atoms with E-state index in [2.05, 4.69) is 20.5 Å². The highest BCUT2D eigenvalue weighted by atomic mass is 32.1. The second-order valence-electron chi connectivity index (χ2n) is 4.15. The fraction of sp³-hybridized carbons (Fsp3) is 0.167. The Bertz CT molecular complexity index is 749. The summed E-state index contributed by atoms with van der Waals surface area (Å²) in [6, 6.07) is 3.56. The summed E-state index contributed by atoms with van der Waals surface area (Å²) in [5, 5.41) is 11.7. The largest absolute Gasteiger partial charge is 0.374 e. The number of nitrogen functional groups attached to an aromatic ring is 1. The molecule has 1 amide bonds. The van der Waals surface area contributed by atoms with Crippen molar-refractivity contribution in [3.63, 3.8) is 0 Å². The maximum atomic E-state index is 12.0. The van der Waals surface area contributed by atoms with Crippen LogP contribution in [0.3, 0.4) is 0 Å². The van der Waals surface area contributed by atoms with Gasteiger partial charge in [0.2, 0.25) is 5.13 Å². The molecule has 0 saturated heterocycles. The molecule has 0 aliphatic rings. The predicted octanol–water partition coefficient (Wildman–Crippen LogP) is 0.740. The van der Waals surface area contributed by atoms with Crippen LogP contribution in [0.15, 0.2) is 30.7 Å². The number of hydrogen-bond donors (Lipinski definition) is 2. The van der Waals surface area contributed by atoms with Gasteiger partial charge in [0.25, 0.3) is 5.91 Å². The van der Waals surface area contributed by atoms with Crippen LogP contribution in [-0.2, 0) is 6.42 Å². The lowest BCUT2D eigenvalue weighted by Crippen LogP contribution is -2.25. The quantitative estimate of drug-likeness (QED) is 0.738. The topological polar surface area (TPSA) is 98.2 Å². The fourth-order valence-electron chi connectivity index (χ4n) is 1.81. The highest BCUT2D eigenvalue weighted by Gasteiger charge is 2.07. The number of carbonyl (C=O) groups excluding carboxylic acids is 1. The van der Waals surface area contributed by atoms with Gasteiger partial charge in [0.15, 0.2) is 0 Å². The normalized spacial score (nSPS) is 10.8. The molecule has 7 nitrogen and oxygen atoms in total. The Labute approximate surface area is 118 Å². The first-order chi connectivity index (χ1) is 9.72. The van der Waals surface area contributed by atoms with Crippen molar-refractivity contribution in [2.24, 2.45) is 0 Å². The van der Waals surface area contributed by atoms with Gasteiger partial charge in [0.05, 0.1) is 5.56 Å². The minimum atomic E-state index is -0.127. The molecule has 0 atom stereocenters. The summed E-state index contributed by atoms with van der Waals surface area (Å²) in [5.41, 5.74) is 6.89. The molecule has 3 aromatic heterocycles. The molecule has 3 rings (SSSR count). The van der Waals surface area contributed by atoms with Gasteiger partial charge in [-0.15, -0.1) is 10.2 Å². The first-order valence-corrected chi connectivity index (χ1v) is 6.83. The second-order valence-corrected chi connectivity index (χ2v) is 5.24. The number of carbonyl (C=O) groups is 1. The minimum absolute atomic E-state index is 0.127. The smallest absolute Gasteiger partial charge is 0.252 e. The molecular formula is C12H12N6OS. The van der Waals surface area contributed by atoms with Crippen molar-refractivity contribution < 1.29 is 4.79 Å². The van der Waals surface area contributed by atoms with Crippen molar-refractivity contribution in [2.75, 3.05) is 12.3 Å². The molecule has 0 saturated carbocycles. The van der Waals surface area contributed by atoms with Gasteiger partial charge in [-0.2, -0.15) is 0 Å². The van der Waals surface area contributed by atoms with Crippen molar-refractivity contribution in [3.05, 3.63) is 41.3 Å². The number of nitrogens with zero attached hydrogens (tertiary/aromatic N) is 4. The van der Waals surface area contributed by atoms with Crippen molar-refractivity contribution in [1.82, 2.24) is 24.9 Å². The lowest BCUT2D eigenvalue weighted by molar-refractivity contribution is 0.0953. The van der Waals surface area contributed by atoms with E-state index in [1.807, 2.05) is 0 Å². The second kappa shape index (κ2) is 5.25. The van der Waals surface area contributed by atoms with Crippen LogP contribution in [0.25, 0.3) is 5.65 Å². The molecule has 0 unspecified atom stereocenters. The monoisotopic (exact) mass is 288 g/mol. The van der Waals surface area contributed by atoms with Crippen LogP contribution in [0.5, 0.6) is 0 Å². The van der Waals surface area contributed by atoms with Gasteiger partial charge < -0.3 is 15.5 Å². The number of aromatic nitrogens is 4. The van der Waals surface area contributed by atoms with Gasteiger partial charge in [-0.3, -0.25) is 4.79 Å². The lowest BCUT2D eigenvalue weighted by atomic mass is 10.2. The summed E-state index contributed by atoms with van der Waals surface area (Å²) in [5.74, 6) is -0.127. The van der Waals surface area contributed by atoms with Crippen LogP contribution in [0.2, 0.25) is 0 Å². The number of nitrogens with two attached hydrogens (primary N) is 1. The molecule has 0 fully saturated rings. The van der Waals surface area contributed by atoms with E-state index < -0.39 is 0 Å². The average Bonchev–Trinajstić information content (AvgIpc) is 3.06. The number of imidazole rings is 1. The Morgan fingerprint density at radius 2 is 2.30 bits per heavy atom. The summed E-state index contributed by atoms with van der Waals surface area (Å²) >= 11 is 1.33. The van der Waals surface area contributed by atoms with Crippen molar-refractivity contribution in [1.29, 1.82) is 0 Å². The summed E-state index contributed by atoms with van der Waals surface area (Å²) < 4.78 is 1.81. The standard InChI is InChI=1S/C12H12N6OS/c13-12-17-16-10(20-12)3-4-15-11(19)8-1-2-9-14-5-6-18(9)7-8/h1-2,5-7H,3-4H2,(H2,13,17)(H,15,19). The Balaban J connectivity index is 1.61. The molecule has 20 heavy (non-hydrogen) atoms. The van der Waals surface area contributed by atoms with E-state index in [1.54, 1.807) is 35.1 Å². The van der Waals surface area contributed by atoms with E-state index in [-0.39, 0.29) is 5.91 Å². The van der Waals surface area contributed by atoms with Crippen molar-refractivity contribution in [3.8, 4) is 0 Å². The van der Waals surface area contributed by atoms with Crippen LogP contribution in [0.1, 0.15) is 15.4 Å². The van der Waals surface area contributed by atoms with Gasteiger partial charge in [-0.05, 0) is 12.1 Å². The molecule has 8 heteroatoms. The minimum Gasteiger partial charge on any atom is -0.374 e. The number of rotatable bonds is 4. The third-order valence-corrected chi connectivity index (χ3v) is 3.57. The zero-order chi connectivity index (χ0) is 13.9. The van der Waals surface area contributed by atoms with E-state index in [0.29, 0.717) is 23.7 Å². The fourth-order valence-corrected chi connectivity index (χ4v) is 2.42. The molecular weight excluding hydrogens is 276 g/mol. The average molecular weight is 288 g/mol. The van der Waals surface area contributed by atoms with Gasteiger partial charge >= 0.3 is 0 Å². The van der Waals surface area contributed by atoms with Crippen LogP contribution in [0.4, 0.5) is 5.13 Å². The van der Waals surface area contributed by atoms with Gasteiger partial charge in [0.1, 0.15) is 10.7 Å². The van der Waals surface area contributed by atoms with Crippen molar-refractivity contribution >= 4 is 28.0 Å². The molecule has 3 heterocycles. The highest BCUT2D eigenvalue weighted by Crippen LogP contribution is 2.11. The number of pyridine rings is 1. The molecule has 0 spiro atoms. The summed E-state index contributed by atoms with van der Waals surface area (Å²) in [7, 11) is 0. The molecule has 0 bridgehead atoms. The number of hydrogen-bond acceptors (Lipinski definition) is 6. The van der Waals surface area contributed by atoms with Crippen molar-refractivity contribution in [2.45, 2.75) is 6.42 Å². The Morgan fingerprint density at radius 3 is 3.10 bits per heavy atom. The van der Waals surface area contributed by atoms with Gasteiger partial charge in [-0.25, -0.2) is 4.98 Å². The third kappa shape index (κ3) is 2.59.